The predicted octanol–water partition coefficient (Wildman–Crippen LogP) is 22.7. The molecule has 0 bridgehead atoms. The van der Waals surface area contributed by atoms with E-state index in [4.69, 9.17) is 4.74 Å². The third-order valence-corrected chi connectivity index (χ3v) is 16.4. The van der Waals surface area contributed by atoms with E-state index < -0.39 is 12.1 Å². The zero-order chi connectivity index (χ0) is 56.4. The first-order chi connectivity index (χ1) is 38.5. The van der Waals surface area contributed by atoms with E-state index in [0.29, 0.717) is 19.4 Å². The molecule has 2 atom stereocenters. The Morgan fingerprint density at radius 2 is 0.603 bits per heavy atom. The molecule has 0 aliphatic carbocycles. The molecule has 6 nitrogen and oxygen atoms in total. The molecule has 78 heavy (non-hydrogen) atoms. The van der Waals surface area contributed by atoms with Gasteiger partial charge in [0.2, 0.25) is 5.91 Å². The largest absolute Gasteiger partial charge is 0.466 e. The number of hydrogen-bond acceptors (Lipinski definition) is 5. The molecule has 0 aliphatic rings. The smallest absolute Gasteiger partial charge is 0.305 e. The van der Waals surface area contributed by atoms with E-state index in [1.54, 1.807) is 6.08 Å². The van der Waals surface area contributed by atoms with Crippen LogP contribution in [0.15, 0.2) is 36.5 Å². The summed E-state index contributed by atoms with van der Waals surface area (Å²) < 4.78 is 5.47. The number of hydrogen-bond donors (Lipinski definition) is 3. The van der Waals surface area contributed by atoms with Crippen molar-refractivity contribution >= 4 is 11.9 Å². The molecule has 0 aromatic heterocycles. The van der Waals surface area contributed by atoms with Crippen molar-refractivity contribution in [1.82, 2.24) is 5.32 Å². The van der Waals surface area contributed by atoms with Gasteiger partial charge < -0.3 is 20.3 Å². The van der Waals surface area contributed by atoms with Crippen LogP contribution in [0.2, 0.25) is 0 Å². The van der Waals surface area contributed by atoms with E-state index in [1.807, 2.05) is 6.08 Å². The van der Waals surface area contributed by atoms with Gasteiger partial charge in [-0.15, -0.1) is 0 Å². The highest BCUT2D eigenvalue weighted by Gasteiger charge is 2.18. The van der Waals surface area contributed by atoms with Crippen molar-refractivity contribution in [2.24, 2.45) is 0 Å². The minimum Gasteiger partial charge on any atom is -0.466 e. The number of unbranched alkanes of at least 4 members (excludes halogenated alkanes) is 51. The molecule has 0 fully saturated rings. The lowest BCUT2D eigenvalue weighted by Crippen LogP contribution is -2.45. The zero-order valence-electron chi connectivity index (χ0n) is 52.7. The van der Waals surface area contributed by atoms with Crippen LogP contribution in [0, 0.1) is 0 Å². The summed E-state index contributed by atoms with van der Waals surface area (Å²) in [5, 5.41) is 23.3. The van der Waals surface area contributed by atoms with Crippen molar-refractivity contribution in [3.63, 3.8) is 0 Å². The summed E-state index contributed by atoms with van der Waals surface area (Å²) in [6.07, 6.45) is 86.5. The monoisotopic (exact) mass is 1100 g/mol. The van der Waals surface area contributed by atoms with E-state index >= 15 is 0 Å². The second kappa shape index (κ2) is 67.6. The third-order valence-electron chi connectivity index (χ3n) is 16.4. The van der Waals surface area contributed by atoms with Crippen molar-refractivity contribution in [3.8, 4) is 0 Å². The Kier molecular flexibility index (Phi) is 65.9. The maximum atomic E-state index is 12.5. The summed E-state index contributed by atoms with van der Waals surface area (Å²) >= 11 is 0. The molecule has 0 aromatic rings. The molecular formula is C72H137NO5. The number of amides is 1. The molecule has 0 spiro atoms. The second-order valence-corrected chi connectivity index (χ2v) is 24.2. The Bertz CT molecular complexity index is 1260. The maximum Gasteiger partial charge on any atom is 0.305 e. The SMILES string of the molecule is CCCCC/C=C\CCCCCCCC(=O)OCCCCCCCCCCCCCC/C=C\CCCCCCCCCCCCCC(=O)NC(CO)C(O)/C=C/CCCCCCCCCCCCCCCCCCCCCC. The highest BCUT2D eigenvalue weighted by molar-refractivity contribution is 5.76. The van der Waals surface area contributed by atoms with E-state index in [1.165, 1.54) is 315 Å². The lowest BCUT2D eigenvalue weighted by Gasteiger charge is -2.20. The van der Waals surface area contributed by atoms with Crippen molar-refractivity contribution in [3.05, 3.63) is 36.5 Å². The van der Waals surface area contributed by atoms with E-state index in [-0.39, 0.29) is 18.5 Å². The van der Waals surface area contributed by atoms with Crippen LogP contribution >= 0.6 is 0 Å². The van der Waals surface area contributed by atoms with Crippen LogP contribution in [0.5, 0.6) is 0 Å². The summed E-state index contributed by atoms with van der Waals surface area (Å²) in [6.45, 7) is 4.91. The van der Waals surface area contributed by atoms with E-state index in [9.17, 15) is 19.8 Å². The molecule has 0 rings (SSSR count). The lowest BCUT2D eigenvalue weighted by molar-refractivity contribution is -0.143. The van der Waals surface area contributed by atoms with Crippen molar-refractivity contribution < 1.29 is 24.5 Å². The molecule has 0 heterocycles. The number of carbonyl (C=O) groups excluding carboxylic acids is 2. The van der Waals surface area contributed by atoms with Gasteiger partial charge in [0.1, 0.15) is 0 Å². The molecule has 0 saturated carbocycles. The van der Waals surface area contributed by atoms with Gasteiger partial charge in [-0.05, 0) is 83.5 Å². The van der Waals surface area contributed by atoms with Gasteiger partial charge in [0.15, 0.2) is 0 Å². The highest BCUT2D eigenvalue weighted by Crippen LogP contribution is 2.18. The fraction of sp³-hybridized carbons (Fsp3) is 0.889. The van der Waals surface area contributed by atoms with Crippen LogP contribution in [-0.4, -0.2) is 47.4 Å². The standard InChI is InChI=1S/C72H137NO5/c1-3-5-7-9-11-13-15-17-18-19-20-21-29-32-35-38-41-44-48-52-56-60-64-70(75)69(68-74)73-71(76)65-61-57-53-49-45-42-39-36-33-30-27-25-23-22-24-26-28-31-34-37-40-43-47-51-55-59-63-67-78-72(77)66-62-58-54-50-46-16-14-12-10-8-6-4-2/h12,14,22-23,60,64,69-70,74-75H,3-11,13,15-21,24-59,61-63,65-68H2,1-2H3,(H,73,76)/b14-12-,23-22-,64-60+. The van der Waals surface area contributed by atoms with Crippen LogP contribution in [0.1, 0.15) is 386 Å². The van der Waals surface area contributed by atoms with Crippen LogP contribution < -0.4 is 5.32 Å². The topological polar surface area (TPSA) is 95.9 Å². The number of allylic oxidation sites excluding steroid dienone is 5. The van der Waals surface area contributed by atoms with Gasteiger partial charge >= 0.3 is 5.97 Å². The van der Waals surface area contributed by atoms with Crippen LogP contribution in [-0.2, 0) is 14.3 Å². The van der Waals surface area contributed by atoms with Gasteiger partial charge in [0.25, 0.3) is 0 Å². The number of ether oxygens (including phenoxy) is 1. The first-order valence-electron chi connectivity index (χ1n) is 35.3. The Balaban J connectivity index is 3.42. The molecule has 0 aromatic carbocycles. The predicted molar refractivity (Wildman–Crippen MR) is 343 cm³/mol. The first-order valence-corrected chi connectivity index (χ1v) is 35.3. The highest BCUT2D eigenvalue weighted by atomic mass is 16.5. The third kappa shape index (κ3) is 63.3. The van der Waals surface area contributed by atoms with Gasteiger partial charge in [-0.3, -0.25) is 9.59 Å². The molecular weight excluding hydrogens is 959 g/mol. The van der Waals surface area contributed by atoms with Gasteiger partial charge in [-0.25, -0.2) is 0 Å². The average molecular weight is 1100 g/mol. The molecule has 460 valence electrons. The number of carbonyl (C=O) groups is 2. The Labute approximate surface area is 487 Å². The summed E-state index contributed by atoms with van der Waals surface area (Å²) in [5.74, 6) is -0.0602. The number of esters is 1. The first kappa shape index (κ1) is 76.1. The maximum absolute atomic E-state index is 12.5. The molecule has 1 amide bonds. The molecule has 0 saturated heterocycles. The van der Waals surface area contributed by atoms with Gasteiger partial charge in [-0.2, -0.15) is 0 Å². The zero-order valence-corrected chi connectivity index (χ0v) is 52.7. The Morgan fingerprint density at radius 3 is 0.936 bits per heavy atom. The summed E-state index contributed by atoms with van der Waals surface area (Å²) in [6, 6.07) is -0.630. The Morgan fingerprint density at radius 1 is 0.346 bits per heavy atom. The van der Waals surface area contributed by atoms with Crippen LogP contribution in [0.4, 0.5) is 0 Å². The van der Waals surface area contributed by atoms with Crippen LogP contribution in [0.25, 0.3) is 0 Å². The summed E-state index contributed by atoms with van der Waals surface area (Å²) in [4.78, 5) is 24.5. The minimum atomic E-state index is -0.846. The quantitative estimate of drug-likeness (QED) is 0.0320. The number of aliphatic hydroxyl groups excluding tert-OH is 2. The number of rotatable bonds is 66. The summed E-state index contributed by atoms with van der Waals surface area (Å²) in [7, 11) is 0. The molecule has 2 unspecified atom stereocenters. The molecule has 0 radical (unpaired) electrons. The van der Waals surface area contributed by atoms with E-state index in [2.05, 4.69) is 43.5 Å². The molecule has 3 N–H and O–H groups in total. The van der Waals surface area contributed by atoms with Gasteiger partial charge in [-0.1, -0.05) is 326 Å². The van der Waals surface area contributed by atoms with Crippen molar-refractivity contribution in [2.45, 2.75) is 398 Å². The average Bonchev–Trinajstić information content (AvgIpc) is 3.44. The molecule has 6 heteroatoms. The van der Waals surface area contributed by atoms with Crippen LogP contribution in [0.3, 0.4) is 0 Å². The van der Waals surface area contributed by atoms with Crippen molar-refractivity contribution in [2.75, 3.05) is 13.2 Å². The fourth-order valence-corrected chi connectivity index (χ4v) is 11.0. The van der Waals surface area contributed by atoms with E-state index in [0.717, 1.165) is 44.9 Å². The lowest BCUT2D eigenvalue weighted by atomic mass is 10.0. The van der Waals surface area contributed by atoms with Crippen molar-refractivity contribution in [1.29, 1.82) is 0 Å². The van der Waals surface area contributed by atoms with Gasteiger partial charge in [0, 0.05) is 12.8 Å². The van der Waals surface area contributed by atoms with Gasteiger partial charge in [0.05, 0.1) is 25.4 Å². The number of nitrogens with one attached hydrogen (secondary N) is 1. The fourth-order valence-electron chi connectivity index (χ4n) is 11.0. The number of aliphatic hydroxyl groups is 2. The summed E-state index contributed by atoms with van der Waals surface area (Å²) in [5.41, 5.74) is 0. The molecule has 0 aliphatic heterocycles. The Hall–Kier alpha value is -1.92. The minimum absolute atomic E-state index is 0.00495. The normalized spacial score (nSPS) is 12.7. The second-order valence-electron chi connectivity index (χ2n) is 24.2.